The van der Waals surface area contributed by atoms with E-state index in [9.17, 15) is 4.39 Å². The number of hydrogen-bond acceptors (Lipinski definition) is 2. The molecule has 0 unspecified atom stereocenters. The van der Waals surface area contributed by atoms with Crippen molar-refractivity contribution in [1.29, 1.82) is 0 Å². The molecule has 17 heavy (non-hydrogen) atoms. The summed E-state index contributed by atoms with van der Waals surface area (Å²) in [5.41, 5.74) is 2.07. The molecule has 0 aliphatic heterocycles. The number of nitrogens with one attached hydrogen (secondary N) is 1. The Labute approximate surface area is 104 Å². The second-order valence-corrected chi connectivity index (χ2v) is 4.29. The van der Waals surface area contributed by atoms with Gasteiger partial charge in [0.15, 0.2) is 0 Å². The summed E-state index contributed by atoms with van der Waals surface area (Å²) < 4.78 is 18.2. The molecule has 2 rings (SSSR count). The third-order valence-corrected chi connectivity index (χ3v) is 2.86. The zero-order chi connectivity index (χ0) is 12.3. The molecule has 0 atom stereocenters. The maximum Gasteiger partial charge on any atom is 0.141 e. The average molecular weight is 254 g/mol. The van der Waals surface area contributed by atoms with Gasteiger partial charge in [0.25, 0.3) is 0 Å². The fraction of sp³-hybridized carbons (Fsp3) is 0.231. The molecule has 0 radical (unpaired) electrons. The van der Waals surface area contributed by atoms with Crippen molar-refractivity contribution in [2.24, 2.45) is 0 Å². The standard InChI is InChI=1S/C13H13ClFNO/c1-9-4-5-17-13(9)8-16-7-10-2-3-12(15)11(14)6-10/h2-6,16H,7-8H2,1H3. The molecule has 90 valence electrons. The molecule has 1 heterocycles. The summed E-state index contributed by atoms with van der Waals surface area (Å²) in [4.78, 5) is 0. The maximum absolute atomic E-state index is 12.9. The quantitative estimate of drug-likeness (QED) is 0.899. The van der Waals surface area contributed by atoms with Crippen LogP contribution in [0.15, 0.2) is 34.9 Å². The highest BCUT2D eigenvalue weighted by atomic mass is 35.5. The number of benzene rings is 1. The van der Waals surface area contributed by atoms with Gasteiger partial charge >= 0.3 is 0 Å². The number of halogens is 2. The Morgan fingerprint density at radius 3 is 2.76 bits per heavy atom. The van der Waals surface area contributed by atoms with Gasteiger partial charge in [-0.15, -0.1) is 0 Å². The fourth-order valence-electron chi connectivity index (χ4n) is 1.56. The van der Waals surface area contributed by atoms with Gasteiger partial charge in [-0.2, -0.15) is 0 Å². The first-order chi connectivity index (χ1) is 8.16. The van der Waals surface area contributed by atoms with Gasteiger partial charge in [-0.25, -0.2) is 4.39 Å². The Kier molecular flexibility index (Phi) is 3.82. The van der Waals surface area contributed by atoms with E-state index in [0.29, 0.717) is 13.1 Å². The lowest BCUT2D eigenvalue weighted by atomic mass is 10.2. The summed E-state index contributed by atoms with van der Waals surface area (Å²) in [7, 11) is 0. The molecule has 0 aliphatic rings. The van der Waals surface area contributed by atoms with Gasteiger partial charge in [-0.1, -0.05) is 17.7 Å². The molecule has 1 aromatic carbocycles. The maximum atomic E-state index is 12.9. The van der Waals surface area contributed by atoms with Crippen molar-refractivity contribution in [2.45, 2.75) is 20.0 Å². The summed E-state index contributed by atoms with van der Waals surface area (Å²) >= 11 is 5.70. The van der Waals surface area contributed by atoms with E-state index in [1.54, 1.807) is 18.4 Å². The predicted molar refractivity (Wildman–Crippen MR) is 65.4 cm³/mol. The third kappa shape index (κ3) is 3.08. The third-order valence-electron chi connectivity index (χ3n) is 2.57. The molecule has 0 saturated carbocycles. The topological polar surface area (TPSA) is 25.2 Å². The molecule has 0 fully saturated rings. The molecule has 4 heteroatoms. The largest absolute Gasteiger partial charge is 0.468 e. The van der Waals surface area contributed by atoms with Crippen molar-refractivity contribution >= 4 is 11.6 Å². The molecular formula is C13H13ClFNO. The lowest BCUT2D eigenvalue weighted by Crippen LogP contribution is -2.12. The zero-order valence-electron chi connectivity index (χ0n) is 9.47. The van der Waals surface area contributed by atoms with Crippen LogP contribution in [0.3, 0.4) is 0 Å². The van der Waals surface area contributed by atoms with Gasteiger partial charge in [0.1, 0.15) is 11.6 Å². The van der Waals surface area contributed by atoms with E-state index in [4.69, 9.17) is 16.0 Å². The van der Waals surface area contributed by atoms with Crippen molar-refractivity contribution in [3.05, 3.63) is 58.3 Å². The first-order valence-electron chi connectivity index (χ1n) is 5.34. The Bertz CT molecular complexity index is 510. The van der Waals surface area contributed by atoms with Crippen LogP contribution in [0.5, 0.6) is 0 Å². The summed E-state index contributed by atoms with van der Waals surface area (Å²) in [5, 5.41) is 3.37. The Morgan fingerprint density at radius 1 is 1.29 bits per heavy atom. The molecular weight excluding hydrogens is 241 g/mol. The van der Waals surface area contributed by atoms with Crippen LogP contribution in [0.2, 0.25) is 5.02 Å². The number of hydrogen-bond donors (Lipinski definition) is 1. The Hall–Kier alpha value is -1.32. The normalized spacial score (nSPS) is 10.8. The first kappa shape index (κ1) is 12.1. The fourth-order valence-corrected chi connectivity index (χ4v) is 1.76. The van der Waals surface area contributed by atoms with Crippen molar-refractivity contribution in [3.63, 3.8) is 0 Å². The van der Waals surface area contributed by atoms with E-state index < -0.39 is 5.82 Å². The summed E-state index contributed by atoms with van der Waals surface area (Å²) in [5.74, 6) is 0.524. The Morgan fingerprint density at radius 2 is 2.12 bits per heavy atom. The average Bonchev–Trinajstić information content (AvgIpc) is 2.70. The summed E-state index contributed by atoms with van der Waals surface area (Å²) in [6.07, 6.45) is 1.67. The monoisotopic (exact) mass is 253 g/mol. The molecule has 0 aliphatic carbocycles. The van der Waals surface area contributed by atoms with Crippen molar-refractivity contribution in [2.75, 3.05) is 0 Å². The highest BCUT2D eigenvalue weighted by Gasteiger charge is 2.03. The van der Waals surface area contributed by atoms with Crippen molar-refractivity contribution < 1.29 is 8.81 Å². The zero-order valence-corrected chi connectivity index (χ0v) is 10.2. The molecule has 0 amide bonds. The van der Waals surface area contributed by atoms with Gasteiger partial charge in [-0.3, -0.25) is 0 Å². The molecule has 0 bridgehead atoms. The van der Waals surface area contributed by atoms with E-state index in [1.165, 1.54) is 6.07 Å². The highest BCUT2D eigenvalue weighted by Crippen LogP contribution is 2.16. The van der Waals surface area contributed by atoms with E-state index in [0.717, 1.165) is 16.9 Å². The van der Waals surface area contributed by atoms with Crippen molar-refractivity contribution in [1.82, 2.24) is 5.32 Å². The van der Waals surface area contributed by atoms with Gasteiger partial charge in [-0.05, 0) is 36.2 Å². The smallest absolute Gasteiger partial charge is 0.141 e. The van der Waals surface area contributed by atoms with Gasteiger partial charge < -0.3 is 9.73 Å². The van der Waals surface area contributed by atoms with Gasteiger partial charge in [0, 0.05) is 6.54 Å². The van der Waals surface area contributed by atoms with Crippen molar-refractivity contribution in [3.8, 4) is 0 Å². The minimum atomic E-state index is -0.391. The van der Waals surface area contributed by atoms with Crippen LogP contribution < -0.4 is 5.32 Å². The molecule has 2 aromatic rings. The van der Waals surface area contributed by atoms with Crippen LogP contribution >= 0.6 is 11.6 Å². The second-order valence-electron chi connectivity index (χ2n) is 3.88. The molecule has 1 N–H and O–H groups in total. The van der Waals surface area contributed by atoms with E-state index >= 15 is 0 Å². The van der Waals surface area contributed by atoms with Crippen LogP contribution in [0, 0.1) is 12.7 Å². The summed E-state index contributed by atoms with van der Waals surface area (Å²) in [6, 6.07) is 6.63. The minimum absolute atomic E-state index is 0.151. The van der Waals surface area contributed by atoms with E-state index in [2.05, 4.69) is 5.32 Å². The first-order valence-corrected chi connectivity index (χ1v) is 5.72. The van der Waals surface area contributed by atoms with Crippen LogP contribution in [0.25, 0.3) is 0 Å². The molecule has 0 spiro atoms. The number of furan rings is 1. The van der Waals surface area contributed by atoms with Gasteiger partial charge in [0.05, 0.1) is 17.8 Å². The van der Waals surface area contributed by atoms with Gasteiger partial charge in [0.2, 0.25) is 0 Å². The molecule has 1 aromatic heterocycles. The lowest BCUT2D eigenvalue weighted by Gasteiger charge is -2.04. The number of aryl methyl sites for hydroxylation is 1. The lowest BCUT2D eigenvalue weighted by molar-refractivity contribution is 0.480. The highest BCUT2D eigenvalue weighted by molar-refractivity contribution is 6.30. The SMILES string of the molecule is Cc1ccoc1CNCc1ccc(F)c(Cl)c1. The second kappa shape index (κ2) is 5.34. The van der Waals surface area contributed by atoms with Crippen LogP contribution in [0.4, 0.5) is 4.39 Å². The summed E-state index contributed by atoms with van der Waals surface area (Å²) in [6.45, 7) is 3.27. The minimum Gasteiger partial charge on any atom is -0.468 e. The molecule has 0 saturated heterocycles. The van der Waals surface area contributed by atoms with E-state index in [-0.39, 0.29) is 5.02 Å². The van der Waals surface area contributed by atoms with Crippen LogP contribution in [-0.2, 0) is 13.1 Å². The van der Waals surface area contributed by atoms with Crippen LogP contribution in [-0.4, -0.2) is 0 Å². The molecule has 2 nitrogen and oxygen atoms in total. The van der Waals surface area contributed by atoms with Crippen LogP contribution in [0.1, 0.15) is 16.9 Å². The van der Waals surface area contributed by atoms with E-state index in [1.807, 2.05) is 13.0 Å². The number of rotatable bonds is 4. The predicted octanol–water partition coefficient (Wildman–Crippen LogP) is 3.67. The Balaban J connectivity index is 1.90.